The number of nitrogens with zero attached hydrogens (tertiary/aromatic N) is 1. The van der Waals surface area contributed by atoms with E-state index in [1.165, 1.54) is 0 Å². The number of nitrogens with one attached hydrogen (secondary N) is 1. The molecule has 0 spiro atoms. The molecule has 0 fully saturated rings. The molecule has 0 aliphatic carbocycles. The fourth-order valence-electron chi connectivity index (χ4n) is 2.71. The van der Waals surface area contributed by atoms with Gasteiger partial charge in [0.1, 0.15) is 0 Å². The molecule has 3 aromatic rings. The van der Waals surface area contributed by atoms with Gasteiger partial charge in [0.05, 0.1) is 30.7 Å². The molecule has 130 valence electrons. The fourth-order valence-corrected chi connectivity index (χ4v) is 2.96. The van der Waals surface area contributed by atoms with E-state index in [0.29, 0.717) is 46.9 Å². The van der Waals surface area contributed by atoms with E-state index in [9.17, 15) is 4.79 Å². The SMILES string of the molecule is CCOc1cc2[nH]c(=S)n(Cc3ccccc3)c(=O)c2cc1OCC. The van der Waals surface area contributed by atoms with Crippen LogP contribution in [0.5, 0.6) is 11.5 Å². The Labute approximate surface area is 150 Å². The second kappa shape index (κ2) is 7.53. The highest BCUT2D eigenvalue weighted by Crippen LogP contribution is 2.30. The third-order valence-corrected chi connectivity index (χ3v) is 4.15. The number of hydrogen-bond donors (Lipinski definition) is 1. The Hall–Kier alpha value is -2.60. The zero-order valence-corrected chi connectivity index (χ0v) is 15.1. The number of aromatic nitrogens is 2. The Balaban J connectivity index is 2.16. The van der Waals surface area contributed by atoms with Crippen molar-refractivity contribution >= 4 is 23.1 Å². The molecular formula is C19H20N2O3S. The molecule has 0 radical (unpaired) electrons. The molecule has 0 aliphatic rings. The van der Waals surface area contributed by atoms with Crippen LogP contribution < -0.4 is 15.0 Å². The van der Waals surface area contributed by atoms with Crippen molar-refractivity contribution in [2.24, 2.45) is 0 Å². The molecule has 0 saturated carbocycles. The van der Waals surface area contributed by atoms with Gasteiger partial charge in [0.25, 0.3) is 5.56 Å². The molecule has 1 heterocycles. The van der Waals surface area contributed by atoms with Crippen LogP contribution in [0.4, 0.5) is 0 Å². The van der Waals surface area contributed by atoms with E-state index in [1.807, 2.05) is 44.2 Å². The topological polar surface area (TPSA) is 56.2 Å². The number of aromatic amines is 1. The quantitative estimate of drug-likeness (QED) is 0.681. The lowest BCUT2D eigenvalue weighted by Gasteiger charge is -2.13. The highest BCUT2D eigenvalue weighted by atomic mass is 32.1. The number of H-pyrrole nitrogens is 1. The number of benzene rings is 2. The standard InChI is InChI=1S/C19H20N2O3S/c1-3-23-16-10-14-15(11-17(16)24-4-2)20-19(25)21(18(14)22)12-13-8-6-5-7-9-13/h5-11H,3-4,12H2,1-2H3,(H,20,25). The molecule has 0 atom stereocenters. The van der Waals surface area contributed by atoms with E-state index in [4.69, 9.17) is 21.7 Å². The van der Waals surface area contributed by atoms with Gasteiger partial charge in [-0.3, -0.25) is 9.36 Å². The Morgan fingerprint density at radius 1 is 1.04 bits per heavy atom. The third-order valence-electron chi connectivity index (χ3n) is 3.83. The molecule has 6 heteroatoms. The normalized spacial score (nSPS) is 10.8. The lowest BCUT2D eigenvalue weighted by Crippen LogP contribution is -2.23. The zero-order chi connectivity index (χ0) is 17.8. The Kier molecular flexibility index (Phi) is 5.19. The molecule has 3 rings (SSSR count). The summed E-state index contributed by atoms with van der Waals surface area (Å²) < 4.78 is 13.2. The van der Waals surface area contributed by atoms with E-state index in [2.05, 4.69) is 4.98 Å². The molecule has 25 heavy (non-hydrogen) atoms. The average Bonchev–Trinajstić information content (AvgIpc) is 2.61. The first-order valence-corrected chi connectivity index (χ1v) is 8.65. The van der Waals surface area contributed by atoms with Crippen LogP contribution in [-0.4, -0.2) is 22.8 Å². The first kappa shape index (κ1) is 17.2. The molecule has 1 aromatic heterocycles. The molecule has 0 amide bonds. The van der Waals surface area contributed by atoms with Crippen LogP contribution in [0.1, 0.15) is 19.4 Å². The number of hydrogen-bond acceptors (Lipinski definition) is 4. The second-order valence-corrected chi connectivity index (χ2v) is 5.90. The highest BCUT2D eigenvalue weighted by molar-refractivity contribution is 7.71. The smallest absolute Gasteiger partial charge is 0.262 e. The fraction of sp³-hybridized carbons (Fsp3) is 0.263. The lowest BCUT2D eigenvalue weighted by molar-refractivity contribution is 0.288. The van der Waals surface area contributed by atoms with Gasteiger partial charge in [-0.15, -0.1) is 0 Å². The van der Waals surface area contributed by atoms with Gasteiger partial charge in [0.2, 0.25) is 0 Å². The molecule has 0 bridgehead atoms. The first-order chi connectivity index (χ1) is 12.1. The summed E-state index contributed by atoms with van der Waals surface area (Å²) in [5.41, 5.74) is 1.51. The van der Waals surface area contributed by atoms with Crippen LogP contribution in [0, 0.1) is 4.77 Å². The van der Waals surface area contributed by atoms with Crippen LogP contribution in [0.3, 0.4) is 0 Å². The first-order valence-electron chi connectivity index (χ1n) is 8.24. The van der Waals surface area contributed by atoms with Gasteiger partial charge in [-0.05, 0) is 37.7 Å². The van der Waals surface area contributed by atoms with Gasteiger partial charge in [-0.1, -0.05) is 30.3 Å². The van der Waals surface area contributed by atoms with E-state index in [1.54, 1.807) is 16.7 Å². The summed E-state index contributed by atoms with van der Waals surface area (Å²) in [7, 11) is 0. The molecule has 2 aromatic carbocycles. The zero-order valence-electron chi connectivity index (χ0n) is 14.2. The third kappa shape index (κ3) is 3.58. The van der Waals surface area contributed by atoms with Crippen molar-refractivity contribution in [1.29, 1.82) is 0 Å². The molecular weight excluding hydrogens is 336 g/mol. The van der Waals surface area contributed by atoms with Crippen LogP contribution in [0.15, 0.2) is 47.3 Å². The number of ether oxygens (including phenoxy) is 2. The van der Waals surface area contributed by atoms with Gasteiger partial charge in [-0.2, -0.15) is 0 Å². The van der Waals surface area contributed by atoms with Gasteiger partial charge in [0.15, 0.2) is 16.3 Å². The minimum atomic E-state index is -0.147. The van der Waals surface area contributed by atoms with E-state index in [-0.39, 0.29) is 5.56 Å². The van der Waals surface area contributed by atoms with Crippen molar-refractivity contribution in [3.63, 3.8) is 0 Å². The molecule has 5 nitrogen and oxygen atoms in total. The summed E-state index contributed by atoms with van der Waals surface area (Å²) in [5.74, 6) is 1.16. The summed E-state index contributed by atoms with van der Waals surface area (Å²) in [6.45, 7) is 5.22. The molecule has 0 saturated heterocycles. The van der Waals surface area contributed by atoms with Gasteiger partial charge < -0.3 is 14.5 Å². The van der Waals surface area contributed by atoms with Crippen molar-refractivity contribution in [2.45, 2.75) is 20.4 Å². The molecule has 0 aliphatic heterocycles. The van der Waals surface area contributed by atoms with Crippen molar-refractivity contribution in [2.75, 3.05) is 13.2 Å². The van der Waals surface area contributed by atoms with Crippen molar-refractivity contribution in [1.82, 2.24) is 9.55 Å². The molecule has 1 N–H and O–H groups in total. The van der Waals surface area contributed by atoms with Crippen molar-refractivity contribution in [3.05, 3.63) is 63.2 Å². The van der Waals surface area contributed by atoms with Crippen LogP contribution in [0.2, 0.25) is 0 Å². The average molecular weight is 356 g/mol. The maximum absolute atomic E-state index is 13.0. The van der Waals surface area contributed by atoms with E-state index < -0.39 is 0 Å². The van der Waals surface area contributed by atoms with E-state index >= 15 is 0 Å². The lowest BCUT2D eigenvalue weighted by atomic mass is 10.2. The van der Waals surface area contributed by atoms with Gasteiger partial charge in [0, 0.05) is 6.07 Å². The van der Waals surface area contributed by atoms with Gasteiger partial charge >= 0.3 is 0 Å². The Bertz CT molecular complexity index is 993. The number of fused-ring (bicyclic) bond motifs is 1. The van der Waals surface area contributed by atoms with E-state index in [0.717, 1.165) is 5.56 Å². The minimum absolute atomic E-state index is 0.147. The highest BCUT2D eigenvalue weighted by Gasteiger charge is 2.12. The summed E-state index contributed by atoms with van der Waals surface area (Å²) in [6.07, 6.45) is 0. The monoisotopic (exact) mass is 356 g/mol. The number of rotatable bonds is 6. The minimum Gasteiger partial charge on any atom is -0.490 e. The predicted octanol–water partition coefficient (Wildman–Crippen LogP) is 3.90. The van der Waals surface area contributed by atoms with Crippen LogP contribution in [0.25, 0.3) is 10.9 Å². The maximum Gasteiger partial charge on any atom is 0.262 e. The molecule has 0 unspecified atom stereocenters. The summed E-state index contributed by atoms with van der Waals surface area (Å²) in [5, 5.41) is 0.524. The summed E-state index contributed by atoms with van der Waals surface area (Å²) in [6, 6.07) is 13.2. The summed E-state index contributed by atoms with van der Waals surface area (Å²) in [4.78, 5) is 16.1. The van der Waals surface area contributed by atoms with Crippen molar-refractivity contribution in [3.8, 4) is 11.5 Å². The van der Waals surface area contributed by atoms with Crippen molar-refractivity contribution < 1.29 is 9.47 Å². The van der Waals surface area contributed by atoms with Crippen LogP contribution >= 0.6 is 12.2 Å². The second-order valence-electron chi connectivity index (χ2n) is 5.52. The Morgan fingerprint density at radius 2 is 1.68 bits per heavy atom. The van der Waals surface area contributed by atoms with Gasteiger partial charge in [-0.25, -0.2) is 0 Å². The predicted molar refractivity (Wildman–Crippen MR) is 101 cm³/mol. The summed E-state index contributed by atoms with van der Waals surface area (Å²) >= 11 is 5.39. The maximum atomic E-state index is 13.0. The van der Waals surface area contributed by atoms with Crippen LogP contribution in [-0.2, 0) is 6.54 Å². The largest absolute Gasteiger partial charge is 0.490 e. The Morgan fingerprint density at radius 3 is 2.32 bits per heavy atom.